The van der Waals surface area contributed by atoms with E-state index < -0.39 is 6.36 Å². The summed E-state index contributed by atoms with van der Waals surface area (Å²) in [5.41, 5.74) is 1.90. The molecule has 3 aliphatic rings. The van der Waals surface area contributed by atoms with Crippen molar-refractivity contribution in [3.8, 4) is 11.5 Å². The van der Waals surface area contributed by atoms with Crippen LogP contribution in [0.3, 0.4) is 0 Å². The maximum atomic E-state index is 13.3. The number of fused-ring (bicyclic) bond motifs is 1. The largest absolute Gasteiger partial charge is 0.573 e. The van der Waals surface area contributed by atoms with Gasteiger partial charge in [0, 0.05) is 0 Å². The molecule has 1 aromatic rings. The topological polar surface area (TPSA) is 18.5 Å². The van der Waals surface area contributed by atoms with Gasteiger partial charge in [-0.15, -0.1) is 13.2 Å². The number of aryl methyl sites for hydroxylation is 1. The van der Waals surface area contributed by atoms with Crippen LogP contribution >= 0.6 is 0 Å². The summed E-state index contributed by atoms with van der Waals surface area (Å²) in [4.78, 5) is 0. The normalized spacial score (nSPS) is 31.4. The molecule has 5 heteroatoms. The fourth-order valence-corrected chi connectivity index (χ4v) is 6.60. The van der Waals surface area contributed by atoms with Crippen molar-refractivity contribution in [2.45, 2.75) is 116 Å². The molecular weight excluding hydrogens is 425 g/mol. The number of rotatable bonds is 6. The molecule has 2 saturated carbocycles. The molecule has 4 rings (SSSR count). The lowest BCUT2D eigenvalue weighted by Gasteiger charge is -2.37. The molecule has 0 bridgehead atoms. The van der Waals surface area contributed by atoms with Crippen molar-refractivity contribution in [2.24, 2.45) is 23.7 Å². The molecule has 0 N–H and O–H groups in total. The number of hydrogen-bond donors (Lipinski definition) is 0. The van der Waals surface area contributed by atoms with E-state index in [1.165, 1.54) is 25.7 Å². The summed E-state index contributed by atoms with van der Waals surface area (Å²) in [6.07, 6.45) is 8.42. The fraction of sp³-hybridized carbons (Fsp3) is 0.786. The first-order chi connectivity index (χ1) is 15.8. The van der Waals surface area contributed by atoms with Crippen LogP contribution in [0.4, 0.5) is 13.2 Å². The van der Waals surface area contributed by atoms with Crippen LogP contribution in [-0.2, 0) is 6.42 Å². The van der Waals surface area contributed by atoms with Crippen molar-refractivity contribution in [1.29, 1.82) is 0 Å². The van der Waals surface area contributed by atoms with Crippen molar-refractivity contribution < 1.29 is 22.6 Å². The van der Waals surface area contributed by atoms with E-state index in [9.17, 15) is 13.2 Å². The van der Waals surface area contributed by atoms with Crippen LogP contribution in [0.2, 0.25) is 0 Å². The van der Waals surface area contributed by atoms with Crippen molar-refractivity contribution >= 4 is 0 Å². The van der Waals surface area contributed by atoms with Crippen LogP contribution in [0.25, 0.3) is 0 Å². The standard InChI is InChI=1S/C28H41F3O2/c1-4-18(3)20-10-12-21(13-11-20)24-16-23-14-15-25(22-8-6-19(5-2)7-9-22)32-27(23)26(17-24)33-28(29,30)31/h16-22,25H,4-15H2,1-3H3. The molecule has 2 nitrogen and oxygen atoms in total. The average Bonchev–Trinajstić information content (AvgIpc) is 2.82. The molecule has 2 aliphatic carbocycles. The minimum Gasteiger partial charge on any atom is -0.486 e. The zero-order chi connectivity index (χ0) is 23.6. The van der Waals surface area contributed by atoms with E-state index >= 15 is 0 Å². The molecule has 33 heavy (non-hydrogen) atoms. The number of benzene rings is 1. The molecule has 0 radical (unpaired) electrons. The summed E-state index contributed by atoms with van der Waals surface area (Å²) >= 11 is 0. The highest BCUT2D eigenvalue weighted by Gasteiger charge is 2.37. The van der Waals surface area contributed by atoms with Gasteiger partial charge in [-0.25, -0.2) is 0 Å². The highest BCUT2D eigenvalue weighted by atomic mass is 19.4. The van der Waals surface area contributed by atoms with Gasteiger partial charge in [-0.2, -0.15) is 0 Å². The Hall–Kier alpha value is -1.39. The quantitative estimate of drug-likeness (QED) is 0.417. The molecule has 2 atom stereocenters. The molecule has 0 spiro atoms. The van der Waals surface area contributed by atoms with Crippen LogP contribution in [0.1, 0.15) is 108 Å². The van der Waals surface area contributed by atoms with Crippen molar-refractivity contribution in [3.63, 3.8) is 0 Å². The Morgan fingerprint density at radius 3 is 2.27 bits per heavy atom. The van der Waals surface area contributed by atoms with Gasteiger partial charge in [0.2, 0.25) is 0 Å². The molecule has 1 aliphatic heterocycles. The highest BCUT2D eigenvalue weighted by molar-refractivity contribution is 5.51. The lowest BCUT2D eigenvalue weighted by atomic mass is 9.73. The lowest BCUT2D eigenvalue weighted by molar-refractivity contribution is -0.275. The number of hydrogen-bond acceptors (Lipinski definition) is 2. The Morgan fingerprint density at radius 2 is 1.67 bits per heavy atom. The van der Waals surface area contributed by atoms with E-state index in [1.54, 1.807) is 6.07 Å². The first-order valence-corrected chi connectivity index (χ1v) is 13.4. The van der Waals surface area contributed by atoms with Gasteiger partial charge < -0.3 is 9.47 Å². The molecule has 0 saturated heterocycles. The third kappa shape index (κ3) is 6.00. The molecule has 0 amide bonds. The Bertz CT molecular complexity index is 774. The third-order valence-corrected chi connectivity index (χ3v) is 9.03. The second-order valence-electron chi connectivity index (χ2n) is 10.9. The predicted octanol–water partition coefficient (Wildman–Crippen LogP) is 8.82. The molecule has 1 heterocycles. The fourth-order valence-electron chi connectivity index (χ4n) is 6.60. The van der Waals surface area contributed by atoms with Gasteiger partial charge in [-0.1, -0.05) is 52.5 Å². The van der Waals surface area contributed by atoms with E-state index in [-0.39, 0.29) is 11.9 Å². The molecule has 2 unspecified atom stereocenters. The molecule has 2 fully saturated rings. The van der Waals surface area contributed by atoms with Crippen LogP contribution in [0.15, 0.2) is 12.1 Å². The maximum absolute atomic E-state index is 13.3. The summed E-state index contributed by atoms with van der Waals surface area (Å²) < 4.78 is 50.8. The minimum atomic E-state index is -4.71. The average molecular weight is 467 g/mol. The summed E-state index contributed by atoms with van der Waals surface area (Å²) in [6, 6.07) is 3.76. The van der Waals surface area contributed by atoms with Gasteiger partial charge in [0.15, 0.2) is 11.5 Å². The SMILES string of the molecule is CCC1CCC(C2CCc3cc(C4CCC(C(C)CC)CC4)cc(OC(F)(F)F)c3O2)CC1. The molecule has 186 valence electrons. The second-order valence-corrected chi connectivity index (χ2v) is 10.9. The van der Waals surface area contributed by atoms with Crippen molar-refractivity contribution in [3.05, 3.63) is 23.3 Å². The third-order valence-electron chi connectivity index (χ3n) is 9.03. The number of halogens is 3. The molecule has 0 aromatic heterocycles. The zero-order valence-electron chi connectivity index (χ0n) is 20.6. The van der Waals surface area contributed by atoms with E-state index in [0.29, 0.717) is 17.6 Å². The van der Waals surface area contributed by atoms with Gasteiger partial charge in [0.1, 0.15) is 6.10 Å². The summed E-state index contributed by atoms with van der Waals surface area (Å²) in [7, 11) is 0. The first kappa shape index (κ1) is 24.7. The van der Waals surface area contributed by atoms with Gasteiger partial charge in [0.05, 0.1) is 0 Å². The van der Waals surface area contributed by atoms with E-state index in [4.69, 9.17) is 4.74 Å². The summed E-state index contributed by atoms with van der Waals surface area (Å²) in [5, 5.41) is 0. The van der Waals surface area contributed by atoms with Crippen LogP contribution in [-0.4, -0.2) is 12.5 Å². The van der Waals surface area contributed by atoms with E-state index in [0.717, 1.165) is 80.2 Å². The summed E-state index contributed by atoms with van der Waals surface area (Å²) in [6.45, 7) is 6.80. The second kappa shape index (κ2) is 10.5. The maximum Gasteiger partial charge on any atom is 0.573 e. The monoisotopic (exact) mass is 466 g/mol. The van der Waals surface area contributed by atoms with Crippen molar-refractivity contribution in [2.75, 3.05) is 0 Å². The van der Waals surface area contributed by atoms with Crippen LogP contribution in [0.5, 0.6) is 11.5 Å². The minimum absolute atomic E-state index is 0.00251. The van der Waals surface area contributed by atoms with Gasteiger partial charge in [-0.05, 0) is 98.1 Å². The van der Waals surface area contributed by atoms with Crippen molar-refractivity contribution in [1.82, 2.24) is 0 Å². The molecule has 1 aromatic carbocycles. The van der Waals surface area contributed by atoms with Crippen LogP contribution < -0.4 is 9.47 Å². The molecular formula is C28H41F3O2. The highest BCUT2D eigenvalue weighted by Crippen LogP contribution is 2.47. The van der Waals surface area contributed by atoms with Gasteiger partial charge >= 0.3 is 6.36 Å². The Kier molecular flexibility index (Phi) is 7.85. The number of alkyl halides is 3. The van der Waals surface area contributed by atoms with Crippen LogP contribution in [0, 0.1) is 23.7 Å². The number of ether oxygens (including phenoxy) is 2. The van der Waals surface area contributed by atoms with Gasteiger partial charge in [-0.3, -0.25) is 0 Å². The first-order valence-electron chi connectivity index (χ1n) is 13.4. The smallest absolute Gasteiger partial charge is 0.486 e. The lowest BCUT2D eigenvalue weighted by Crippen LogP contribution is -2.34. The Morgan fingerprint density at radius 1 is 0.970 bits per heavy atom. The Labute approximate surface area is 197 Å². The Balaban J connectivity index is 1.52. The zero-order valence-corrected chi connectivity index (χ0v) is 20.6. The van der Waals surface area contributed by atoms with E-state index in [1.807, 2.05) is 0 Å². The van der Waals surface area contributed by atoms with E-state index in [2.05, 4.69) is 31.6 Å². The summed E-state index contributed by atoms with van der Waals surface area (Å²) in [5.74, 6) is 3.23. The van der Waals surface area contributed by atoms with Gasteiger partial charge in [0.25, 0.3) is 0 Å². The predicted molar refractivity (Wildman–Crippen MR) is 126 cm³/mol.